The molecule has 0 aromatic carbocycles. The molecule has 0 saturated carbocycles. The Kier molecular flexibility index (Phi) is 2.24. The molecule has 0 atom stereocenters. The summed E-state index contributed by atoms with van der Waals surface area (Å²) in [6, 6.07) is 2.87. The Morgan fingerprint density at radius 2 is 2.33 bits per heavy atom. The molecule has 0 fully saturated rings. The van der Waals surface area contributed by atoms with E-state index in [2.05, 4.69) is 15.2 Å². The van der Waals surface area contributed by atoms with Crippen LogP contribution < -0.4 is 5.56 Å². The molecule has 2 aromatic heterocycles. The Labute approximate surface area is 84.3 Å². The number of carbonyl (C=O) groups is 1. The lowest BCUT2D eigenvalue weighted by Crippen LogP contribution is -2.06. The Hall–Kier alpha value is -2.11. The molecule has 78 valence electrons. The van der Waals surface area contributed by atoms with Crippen LogP contribution in [0.4, 0.5) is 0 Å². The fraction of sp³-hybridized carbons (Fsp3) is 0.222. The van der Waals surface area contributed by atoms with Crippen LogP contribution in [0.15, 0.2) is 16.9 Å². The van der Waals surface area contributed by atoms with Crippen LogP contribution in [-0.2, 0) is 4.74 Å². The number of nitrogens with zero attached hydrogens (tertiary/aromatic N) is 1. The summed E-state index contributed by atoms with van der Waals surface area (Å²) >= 11 is 0. The zero-order valence-corrected chi connectivity index (χ0v) is 8.03. The van der Waals surface area contributed by atoms with E-state index in [1.165, 1.54) is 12.1 Å². The molecule has 0 unspecified atom stereocenters. The van der Waals surface area contributed by atoms with Gasteiger partial charge in [0.05, 0.1) is 12.0 Å². The SMILES string of the molecule is CCOC(=O)c1[nH]nc2[nH]c(=O)ccc12. The second kappa shape index (κ2) is 3.56. The first-order chi connectivity index (χ1) is 7.22. The molecule has 0 aliphatic heterocycles. The van der Waals surface area contributed by atoms with Gasteiger partial charge in [0.15, 0.2) is 11.3 Å². The van der Waals surface area contributed by atoms with E-state index in [0.29, 0.717) is 17.6 Å². The topological polar surface area (TPSA) is 87.8 Å². The number of aromatic nitrogens is 3. The summed E-state index contributed by atoms with van der Waals surface area (Å²) in [5, 5.41) is 6.88. The highest BCUT2D eigenvalue weighted by atomic mass is 16.5. The number of ether oxygens (including phenoxy) is 1. The minimum absolute atomic E-state index is 0.253. The van der Waals surface area contributed by atoms with Crippen LogP contribution in [0.3, 0.4) is 0 Å². The molecule has 0 bridgehead atoms. The van der Waals surface area contributed by atoms with Crippen molar-refractivity contribution in [3.05, 3.63) is 28.2 Å². The van der Waals surface area contributed by atoms with Gasteiger partial charge in [0.1, 0.15) is 0 Å². The van der Waals surface area contributed by atoms with Crippen LogP contribution in [0, 0.1) is 0 Å². The number of nitrogens with one attached hydrogen (secondary N) is 2. The molecule has 2 heterocycles. The molecular formula is C9H9N3O3. The third-order valence-electron chi connectivity index (χ3n) is 1.93. The number of fused-ring (bicyclic) bond motifs is 1. The smallest absolute Gasteiger partial charge is 0.357 e. The summed E-state index contributed by atoms with van der Waals surface area (Å²) in [6.07, 6.45) is 0. The first-order valence-electron chi connectivity index (χ1n) is 4.47. The summed E-state index contributed by atoms with van der Waals surface area (Å²) in [7, 11) is 0. The molecule has 6 nitrogen and oxygen atoms in total. The standard InChI is InChI=1S/C9H9N3O3/c1-2-15-9(14)7-5-3-4-6(13)10-8(5)12-11-7/h3-4H,2H2,1H3,(H2,10,11,12,13). The third-order valence-corrected chi connectivity index (χ3v) is 1.93. The average molecular weight is 207 g/mol. The summed E-state index contributed by atoms with van der Waals surface area (Å²) in [5.74, 6) is -0.480. The van der Waals surface area contributed by atoms with Gasteiger partial charge in [-0.2, -0.15) is 5.10 Å². The maximum absolute atomic E-state index is 11.4. The van der Waals surface area contributed by atoms with Crippen molar-refractivity contribution in [2.75, 3.05) is 6.61 Å². The van der Waals surface area contributed by atoms with E-state index >= 15 is 0 Å². The van der Waals surface area contributed by atoms with Crippen molar-refractivity contribution in [1.29, 1.82) is 0 Å². The van der Waals surface area contributed by atoms with E-state index in [-0.39, 0.29) is 11.3 Å². The predicted molar refractivity (Wildman–Crippen MR) is 52.7 cm³/mol. The number of hydrogen-bond donors (Lipinski definition) is 2. The first kappa shape index (κ1) is 9.45. The van der Waals surface area contributed by atoms with Crippen molar-refractivity contribution in [1.82, 2.24) is 15.2 Å². The second-order valence-corrected chi connectivity index (χ2v) is 2.90. The Bertz CT molecular complexity index is 555. The molecule has 2 N–H and O–H groups in total. The molecule has 0 amide bonds. The molecule has 0 radical (unpaired) electrons. The van der Waals surface area contributed by atoms with E-state index in [1.807, 2.05) is 0 Å². The van der Waals surface area contributed by atoms with Gasteiger partial charge in [-0.3, -0.25) is 9.89 Å². The van der Waals surface area contributed by atoms with Crippen molar-refractivity contribution < 1.29 is 9.53 Å². The van der Waals surface area contributed by atoms with Gasteiger partial charge in [-0.1, -0.05) is 0 Å². The van der Waals surface area contributed by atoms with Crippen molar-refractivity contribution in [3.8, 4) is 0 Å². The lowest BCUT2D eigenvalue weighted by Gasteiger charge is -1.97. The fourth-order valence-corrected chi connectivity index (χ4v) is 1.28. The zero-order valence-electron chi connectivity index (χ0n) is 8.03. The van der Waals surface area contributed by atoms with Crippen molar-refractivity contribution in [2.45, 2.75) is 6.92 Å². The normalized spacial score (nSPS) is 10.5. The van der Waals surface area contributed by atoms with Gasteiger partial charge in [-0.05, 0) is 13.0 Å². The van der Waals surface area contributed by atoms with Gasteiger partial charge in [0.2, 0.25) is 5.56 Å². The maximum Gasteiger partial charge on any atom is 0.357 e. The molecular weight excluding hydrogens is 198 g/mol. The van der Waals surface area contributed by atoms with Gasteiger partial charge in [0.25, 0.3) is 0 Å². The Morgan fingerprint density at radius 1 is 1.53 bits per heavy atom. The van der Waals surface area contributed by atoms with Gasteiger partial charge < -0.3 is 9.72 Å². The van der Waals surface area contributed by atoms with Crippen LogP contribution in [0.25, 0.3) is 11.0 Å². The van der Waals surface area contributed by atoms with Crippen LogP contribution in [0.1, 0.15) is 17.4 Å². The van der Waals surface area contributed by atoms with E-state index < -0.39 is 5.97 Å². The van der Waals surface area contributed by atoms with Gasteiger partial charge in [0, 0.05) is 6.07 Å². The van der Waals surface area contributed by atoms with E-state index in [9.17, 15) is 9.59 Å². The largest absolute Gasteiger partial charge is 0.461 e. The van der Waals surface area contributed by atoms with Crippen molar-refractivity contribution >= 4 is 17.0 Å². The number of hydrogen-bond acceptors (Lipinski definition) is 4. The Balaban J connectivity index is 2.54. The zero-order chi connectivity index (χ0) is 10.8. The highest BCUT2D eigenvalue weighted by Crippen LogP contribution is 2.12. The number of carbonyl (C=O) groups excluding carboxylic acids is 1. The quantitative estimate of drug-likeness (QED) is 0.699. The molecule has 2 rings (SSSR count). The maximum atomic E-state index is 11.4. The fourth-order valence-electron chi connectivity index (χ4n) is 1.28. The van der Waals surface area contributed by atoms with Crippen LogP contribution in [0.5, 0.6) is 0 Å². The van der Waals surface area contributed by atoms with E-state index in [4.69, 9.17) is 4.74 Å². The Morgan fingerprint density at radius 3 is 3.07 bits per heavy atom. The average Bonchev–Trinajstić information content (AvgIpc) is 2.60. The molecule has 0 aliphatic carbocycles. The lowest BCUT2D eigenvalue weighted by atomic mass is 10.2. The molecule has 0 aliphatic rings. The summed E-state index contributed by atoms with van der Waals surface area (Å²) in [5.41, 5.74) is 0.345. The van der Waals surface area contributed by atoms with Crippen LogP contribution in [-0.4, -0.2) is 27.8 Å². The monoisotopic (exact) mass is 207 g/mol. The number of esters is 1. The summed E-state index contributed by atoms with van der Waals surface area (Å²) < 4.78 is 4.82. The number of rotatable bonds is 2. The molecule has 2 aromatic rings. The van der Waals surface area contributed by atoms with E-state index in [0.717, 1.165) is 0 Å². The highest BCUT2D eigenvalue weighted by Gasteiger charge is 2.14. The minimum atomic E-state index is -0.480. The van der Waals surface area contributed by atoms with Gasteiger partial charge >= 0.3 is 5.97 Å². The van der Waals surface area contributed by atoms with Crippen molar-refractivity contribution in [3.63, 3.8) is 0 Å². The van der Waals surface area contributed by atoms with Gasteiger partial charge in [-0.25, -0.2) is 4.79 Å². The van der Waals surface area contributed by atoms with E-state index in [1.54, 1.807) is 6.92 Å². The molecule has 6 heteroatoms. The summed E-state index contributed by atoms with van der Waals surface area (Å²) in [4.78, 5) is 24.9. The number of pyridine rings is 1. The molecule has 0 spiro atoms. The second-order valence-electron chi connectivity index (χ2n) is 2.90. The van der Waals surface area contributed by atoms with Crippen LogP contribution >= 0.6 is 0 Å². The summed E-state index contributed by atoms with van der Waals surface area (Å²) in [6.45, 7) is 2.01. The van der Waals surface area contributed by atoms with Crippen LogP contribution in [0.2, 0.25) is 0 Å². The highest BCUT2D eigenvalue weighted by molar-refractivity contribution is 6.00. The third kappa shape index (κ3) is 1.61. The van der Waals surface area contributed by atoms with Gasteiger partial charge in [-0.15, -0.1) is 0 Å². The molecule has 0 saturated heterocycles. The predicted octanol–water partition coefficient (Wildman–Crippen LogP) is 0.428. The molecule has 15 heavy (non-hydrogen) atoms. The number of aromatic amines is 2. The first-order valence-corrected chi connectivity index (χ1v) is 4.47. The lowest BCUT2D eigenvalue weighted by molar-refractivity contribution is 0.0521. The number of H-pyrrole nitrogens is 2. The minimum Gasteiger partial charge on any atom is -0.461 e. The van der Waals surface area contributed by atoms with Crippen molar-refractivity contribution in [2.24, 2.45) is 0 Å².